The molecule has 674 valence electrons. The molecule has 23 nitrogen and oxygen atoms in total. The molecular formula is C99H148N12O11Si. The zero-order valence-electron chi connectivity index (χ0n) is 77.4. The Kier molecular flexibility index (Phi) is 41.5. The van der Waals surface area contributed by atoms with E-state index in [9.17, 15) is 45.0 Å². The van der Waals surface area contributed by atoms with Gasteiger partial charge in [0.1, 0.15) is 25.4 Å². The molecule has 6 saturated heterocycles. The van der Waals surface area contributed by atoms with Gasteiger partial charge in [-0.15, -0.1) is 0 Å². The number of benzene rings is 6. The van der Waals surface area contributed by atoms with Crippen LogP contribution in [0.15, 0.2) is 133 Å². The normalized spacial score (nSPS) is 18.9. The Morgan fingerprint density at radius 2 is 0.894 bits per heavy atom. The van der Waals surface area contributed by atoms with E-state index in [4.69, 9.17) is 19.0 Å². The molecule has 0 bridgehead atoms. The Morgan fingerprint density at radius 1 is 0.496 bits per heavy atom. The largest absolute Gasteiger partial charge is 0.478 e. The molecule has 0 unspecified atom stereocenters. The van der Waals surface area contributed by atoms with Crippen molar-refractivity contribution in [2.45, 2.75) is 223 Å². The van der Waals surface area contributed by atoms with E-state index in [-0.39, 0.29) is 67.7 Å². The highest BCUT2D eigenvalue weighted by atomic mass is 28.4. The van der Waals surface area contributed by atoms with E-state index in [0.717, 1.165) is 166 Å². The van der Waals surface area contributed by atoms with Crippen LogP contribution in [0.25, 0.3) is 0 Å². The van der Waals surface area contributed by atoms with Gasteiger partial charge in [0.05, 0.1) is 66.6 Å². The summed E-state index contributed by atoms with van der Waals surface area (Å²) < 4.78 is 17.1. The number of rotatable bonds is 21. The van der Waals surface area contributed by atoms with Gasteiger partial charge in [0.25, 0.3) is 5.91 Å². The van der Waals surface area contributed by atoms with Crippen LogP contribution in [-0.4, -0.2) is 256 Å². The Balaban J connectivity index is 0.000000216. The number of carboxylic acid groups (broad SMARTS) is 1. The number of aliphatic hydroxyl groups is 3. The summed E-state index contributed by atoms with van der Waals surface area (Å²) in [5.41, 5.74) is 13.4. The molecule has 6 fully saturated rings. The molecule has 6 aliphatic heterocycles. The first kappa shape index (κ1) is 101. The highest BCUT2D eigenvalue weighted by molar-refractivity contribution is 6.74. The van der Waals surface area contributed by atoms with E-state index in [1.807, 2.05) is 140 Å². The number of nitriles is 2. The van der Waals surface area contributed by atoms with Gasteiger partial charge in [-0.05, 0) is 225 Å². The molecule has 0 radical (unpaired) electrons. The first-order valence-electron chi connectivity index (χ1n) is 44.9. The number of piperidine rings is 2. The van der Waals surface area contributed by atoms with Gasteiger partial charge in [0.2, 0.25) is 0 Å². The Morgan fingerprint density at radius 3 is 1.31 bits per heavy atom. The second kappa shape index (κ2) is 50.4. The number of nitrogens with zero attached hydrogens (tertiary/aromatic N) is 10. The maximum atomic E-state index is 13.6. The van der Waals surface area contributed by atoms with E-state index in [2.05, 4.69) is 169 Å². The van der Waals surface area contributed by atoms with E-state index in [1.165, 1.54) is 16.7 Å². The number of anilines is 2. The molecule has 6 aliphatic rings. The van der Waals surface area contributed by atoms with Crippen LogP contribution < -0.4 is 20.4 Å². The van der Waals surface area contributed by atoms with Gasteiger partial charge in [-0.2, -0.15) is 10.5 Å². The molecule has 0 aromatic heterocycles. The molecule has 0 spiro atoms. The highest BCUT2D eigenvalue weighted by Gasteiger charge is 2.39. The zero-order chi connectivity index (χ0) is 90.1. The molecule has 3 amide bonds. The van der Waals surface area contributed by atoms with Crippen molar-refractivity contribution in [2.24, 2.45) is 17.8 Å². The van der Waals surface area contributed by atoms with Crippen molar-refractivity contribution in [3.05, 3.63) is 200 Å². The smallest absolute Gasteiger partial charge is 0.410 e. The maximum absolute atomic E-state index is 13.6. The predicted octanol–water partition coefficient (Wildman–Crippen LogP) is 15.1. The maximum Gasteiger partial charge on any atom is 0.410 e. The Bertz CT molecular complexity index is 4300. The SMILES string of the molecule is CC(C)(C)[Si](C)(C)OC[C@H]1CN(C(=O)OCc2ccccc2)CCN1.CC(C)C.CC(C)N1CCN(C(=O)OCc2ccccc2)C[C@@H]1CO.CC(C)N1CCNC[C@@H]1CO.Cc1cc(C)c(C(=O)N2CCN(C(C)C)[C@@H](CO)C2)cc1CC1CCN(c2ccccc2C#N)CC1.Cc1cc(C)c(C(=O)O)cc1CC1CCN(c2ccccc2C#N)CC1. The molecule has 24 heteroatoms. The van der Waals surface area contributed by atoms with Crippen LogP contribution in [0.1, 0.15) is 185 Å². The summed E-state index contributed by atoms with van der Waals surface area (Å²) in [5, 5.41) is 63.5. The van der Waals surface area contributed by atoms with Crippen molar-refractivity contribution >= 4 is 43.8 Å². The predicted molar refractivity (Wildman–Crippen MR) is 497 cm³/mol. The van der Waals surface area contributed by atoms with Crippen molar-refractivity contribution < 1.29 is 53.5 Å². The van der Waals surface area contributed by atoms with Gasteiger partial charge >= 0.3 is 18.2 Å². The molecule has 6 heterocycles. The lowest BCUT2D eigenvalue weighted by molar-refractivity contribution is 0.0136. The van der Waals surface area contributed by atoms with Gasteiger partial charge in [0.15, 0.2) is 8.32 Å². The lowest BCUT2D eigenvalue weighted by atomic mass is 9.86. The average Bonchev–Trinajstić information content (AvgIpc) is 0.798. The molecule has 6 aromatic carbocycles. The number of ether oxygens (including phenoxy) is 2. The number of carboxylic acids is 1. The molecule has 0 aliphatic carbocycles. The Labute approximate surface area is 737 Å². The number of aliphatic hydroxyl groups excluding tert-OH is 3. The topological polar surface area (TPSA) is 274 Å². The molecule has 4 atom stereocenters. The molecule has 12 rings (SSSR count). The summed E-state index contributed by atoms with van der Waals surface area (Å²) in [5.74, 6) is 1.17. The van der Waals surface area contributed by atoms with Gasteiger partial charge < -0.3 is 69.5 Å². The fourth-order valence-electron chi connectivity index (χ4n) is 16.6. The third-order valence-electron chi connectivity index (χ3n) is 24.8. The number of aromatic carboxylic acids is 1. The Hall–Kier alpha value is -8.76. The van der Waals surface area contributed by atoms with E-state index < -0.39 is 14.3 Å². The molecular weight excluding hydrogens is 1560 g/mol. The van der Waals surface area contributed by atoms with E-state index in [1.54, 1.807) is 9.80 Å². The first-order chi connectivity index (χ1) is 58.6. The number of para-hydroxylation sites is 2. The minimum absolute atomic E-state index is 0.00993. The number of aryl methyl sites for hydroxylation is 4. The number of hydrogen-bond acceptors (Lipinski definition) is 19. The monoisotopic (exact) mass is 1710 g/mol. The lowest BCUT2D eigenvalue weighted by Crippen LogP contribution is -2.58. The van der Waals surface area contributed by atoms with Gasteiger partial charge in [-0.3, -0.25) is 19.5 Å². The summed E-state index contributed by atoms with van der Waals surface area (Å²) >= 11 is 0. The molecule has 123 heavy (non-hydrogen) atoms. The standard InChI is InChI=1S/C30H40N4O2.C22H24N2O2.C19H32N2O3Si.C16H24N2O3.C8H18N2O.C4H10/c1-21(2)34-14-13-33(19-27(34)20-35)30(36)28-17-26(22(3)15-23(28)4)16-24-9-11-32(12-10-24)29-8-6-5-7-25(29)18-31;1-15-11-16(2)20(22(25)26)13-19(15)12-17-7-9-24(10-8-17)21-6-4-3-5-18(21)14-23;1-19(2,3)25(4,5)24-15-17-13-21(12-11-20-17)18(22)23-14-16-9-7-6-8-10-16;1-13(2)18-9-8-17(10-15(18)11-19)16(20)21-12-14-6-4-3-5-7-14;1-7(2)10-4-3-9-5-8(10)6-11;1-4(2)3/h5-8,15,17,21,24,27,35H,9-14,16,19-20H2,1-4H3;3-6,11,13,17H,7-10,12H2,1-2H3,(H,25,26);6-10,17,20H,11-15H2,1-5H3;3-7,13,15,19H,8-12H2,1-2H3;7-9,11H,3-6H2,1-2H3;4H,1-3H3/t27-;;17-;15-;8-;/m1.111./s1. The number of amides is 3. The first-order valence-corrected chi connectivity index (χ1v) is 47.8. The van der Waals surface area contributed by atoms with Crippen molar-refractivity contribution in [2.75, 3.05) is 141 Å². The summed E-state index contributed by atoms with van der Waals surface area (Å²) in [6.45, 7) is 53.1. The number of carbonyl (C=O) groups excluding carboxylic acids is 3. The highest BCUT2D eigenvalue weighted by Crippen LogP contribution is 2.37. The van der Waals surface area contributed by atoms with E-state index >= 15 is 0 Å². The summed E-state index contributed by atoms with van der Waals surface area (Å²) in [6.07, 6.45) is 5.59. The van der Waals surface area contributed by atoms with Gasteiger partial charge in [-0.1, -0.05) is 139 Å². The summed E-state index contributed by atoms with van der Waals surface area (Å²) in [6, 6.07) is 49.5. The van der Waals surface area contributed by atoms with Crippen LogP contribution in [-0.2, 0) is 40.0 Å². The lowest BCUT2D eigenvalue weighted by Gasteiger charge is -2.43. The third-order valence-corrected chi connectivity index (χ3v) is 29.3. The fraction of sp³-hybridized carbons (Fsp3) is 0.576. The van der Waals surface area contributed by atoms with Crippen LogP contribution in [0, 0.1) is 68.1 Å². The number of hydrogen-bond donors (Lipinski definition) is 6. The quantitative estimate of drug-likeness (QED) is 0.0365. The zero-order valence-corrected chi connectivity index (χ0v) is 78.4. The van der Waals surface area contributed by atoms with Crippen molar-refractivity contribution in [1.82, 2.24) is 40.0 Å². The molecule has 0 saturated carbocycles. The van der Waals surface area contributed by atoms with Crippen LogP contribution >= 0.6 is 0 Å². The second-order valence-electron chi connectivity index (χ2n) is 36.9. The van der Waals surface area contributed by atoms with Crippen LogP contribution in [0.5, 0.6) is 0 Å². The van der Waals surface area contributed by atoms with Crippen LogP contribution in [0.3, 0.4) is 0 Å². The second-order valence-corrected chi connectivity index (χ2v) is 41.7. The summed E-state index contributed by atoms with van der Waals surface area (Å²) in [7, 11) is -1.77. The molecule has 6 aromatic rings. The fourth-order valence-corrected chi connectivity index (χ4v) is 17.6. The van der Waals surface area contributed by atoms with Crippen LogP contribution in [0.2, 0.25) is 18.1 Å². The van der Waals surface area contributed by atoms with Crippen molar-refractivity contribution in [1.29, 1.82) is 10.5 Å². The average molecular weight is 1710 g/mol. The van der Waals surface area contributed by atoms with Gasteiger partial charge in [0, 0.05) is 140 Å². The number of nitrogens with one attached hydrogen (secondary N) is 2. The van der Waals surface area contributed by atoms with Gasteiger partial charge in [-0.25, -0.2) is 14.4 Å². The van der Waals surface area contributed by atoms with Crippen LogP contribution in [0.4, 0.5) is 21.0 Å². The van der Waals surface area contributed by atoms with Crippen molar-refractivity contribution in [3.8, 4) is 12.1 Å². The minimum Gasteiger partial charge on any atom is -0.478 e. The van der Waals surface area contributed by atoms with E-state index in [0.29, 0.717) is 94.0 Å². The number of carbonyl (C=O) groups is 4. The van der Waals surface area contributed by atoms with Crippen molar-refractivity contribution in [3.63, 3.8) is 0 Å². The third kappa shape index (κ3) is 31.4. The summed E-state index contributed by atoms with van der Waals surface area (Å²) in [4.78, 5) is 66.3. The number of piperazine rings is 4. The molecule has 6 N–H and O–H groups in total. The minimum atomic E-state index is -1.77.